The molecule has 0 bridgehead atoms. The van der Waals surface area contributed by atoms with Crippen LogP contribution >= 0.6 is 0 Å². The minimum atomic E-state index is -0.528. The van der Waals surface area contributed by atoms with E-state index in [-0.39, 0.29) is 5.82 Å². The predicted octanol–water partition coefficient (Wildman–Crippen LogP) is 1.93. The lowest BCUT2D eigenvalue weighted by Crippen LogP contribution is -2.06. The first-order valence-electron chi connectivity index (χ1n) is 4.77. The quantitative estimate of drug-likeness (QED) is 0.717. The molecule has 1 aromatic heterocycles. The van der Waals surface area contributed by atoms with Crippen LogP contribution in [0.3, 0.4) is 0 Å². The van der Waals surface area contributed by atoms with Crippen LogP contribution in [0.4, 0.5) is 0 Å². The molecule has 4 heteroatoms. The van der Waals surface area contributed by atoms with Gasteiger partial charge in [-0.2, -0.15) is 0 Å². The monoisotopic (exact) mass is 214 g/mol. The second kappa shape index (κ2) is 4.53. The van der Waals surface area contributed by atoms with Gasteiger partial charge in [-0.1, -0.05) is 30.3 Å². The molecule has 0 unspecified atom stereocenters. The molecular weight excluding hydrogens is 204 g/mol. The highest BCUT2D eigenvalue weighted by atomic mass is 16.5. The summed E-state index contributed by atoms with van der Waals surface area (Å²) in [5, 5.41) is 0. The van der Waals surface area contributed by atoms with Gasteiger partial charge in [0.15, 0.2) is 0 Å². The lowest BCUT2D eigenvalue weighted by atomic mass is 10.1. The van der Waals surface area contributed by atoms with Crippen LogP contribution in [-0.2, 0) is 4.74 Å². The lowest BCUT2D eigenvalue weighted by Gasteiger charge is -2.01. The van der Waals surface area contributed by atoms with Gasteiger partial charge < -0.3 is 4.74 Å². The minimum Gasteiger partial charge on any atom is -0.463 e. The Morgan fingerprint density at radius 3 is 2.25 bits per heavy atom. The highest BCUT2D eigenvalue weighted by molar-refractivity contribution is 5.85. The molecule has 4 nitrogen and oxygen atoms in total. The van der Waals surface area contributed by atoms with Crippen LogP contribution < -0.4 is 0 Å². The van der Waals surface area contributed by atoms with E-state index in [2.05, 4.69) is 14.7 Å². The number of hydrogen-bond donors (Lipinski definition) is 0. The van der Waals surface area contributed by atoms with Gasteiger partial charge in [0, 0.05) is 18.0 Å². The molecule has 16 heavy (non-hydrogen) atoms. The molecule has 0 radical (unpaired) electrons. The van der Waals surface area contributed by atoms with E-state index in [0.29, 0.717) is 0 Å². The molecule has 1 heterocycles. The largest absolute Gasteiger partial charge is 0.463 e. The third kappa shape index (κ3) is 2.06. The van der Waals surface area contributed by atoms with Crippen molar-refractivity contribution in [3.8, 4) is 11.1 Å². The highest BCUT2D eigenvalue weighted by Gasteiger charge is 2.08. The number of ether oxygens (including phenoxy) is 1. The van der Waals surface area contributed by atoms with E-state index >= 15 is 0 Å². The number of carbonyl (C=O) groups excluding carboxylic acids is 1. The van der Waals surface area contributed by atoms with Crippen molar-refractivity contribution in [3.05, 3.63) is 48.5 Å². The van der Waals surface area contributed by atoms with Crippen LogP contribution in [0.25, 0.3) is 11.1 Å². The number of nitrogens with zero attached hydrogens (tertiary/aromatic N) is 2. The smallest absolute Gasteiger partial charge is 0.376 e. The Bertz CT molecular complexity index is 480. The molecule has 0 spiro atoms. The summed E-state index contributed by atoms with van der Waals surface area (Å²) < 4.78 is 4.52. The van der Waals surface area contributed by atoms with Crippen molar-refractivity contribution in [3.63, 3.8) is 0 Å². The van der Waals surface area contributed by atoms with Crippen LogP contribution in [0.5, 0.6) is 0 Å². The topological polar surface area (TPSA) is 52.1 Å². The molecule has 0 fully saturated rings. The maximum Gasteiger partial charge on any atom is 0.376 e. The molecule has 0 aliphatic heterocycles. The Labute approximate surface area is 92.9 Å². The summed E-state index contributed by atoms with van der Waals surface area (Å²) in [5.74, 6) is -0.457. The standard InChI is InChI=1S/C12H10N2O2/c1-16-12(15)11-13-7-10(8-14-11)9-5-3-2-4-6-9/h2-8H,1H3. The molecule has 2 rings (SSSR count). The van der Waals surface area contributed by atoms with Gasteiger partial charge in [0.2, 0.25) is 5.82 Å². The fourth-order valence-electron chi connectivity index (χ4n) is 1.30. The molecule has 1 aromatic carbocycles. The molecule has 0 atom stereocenters. The third-order valence-corrected chi connectivity index (χ3v) is 2.13. The first-order valence-corrected chi connectivity index (χ1v) is 4.77. The van der Waals surface area contributed by atoms with Gasteiger partial charge in [-0.05, 0) is 5.56 Å². The van der Waals surface area contributed by atoms with Gasteiger partial charge in [-0.15, -0.1) is 0 Å². The van der Waals surface area contributed by atoms with E-state index in [4.69, 9.17) is 0 Å². The van der Waals surface area contributed by atoms with Crippen LogP contribution in [0.2, 0.25) is 0 Å². The number of rotatable bonds is 2. The number of esters is 1. The van der Waals surface area contributed by atoms with Gasteiger partial charge >= 0.3 is 5.97 Å². The summed E-state index contributed by atoms with van der Waals surface area (Å²) >= 11 is 0. The van der Waals surface area contributed by atoms with Crippen molar-refractivity contribution < 1.29 is 9.53 Å². The first-order chi connectivity index (χ1) is 7.81. The number of benzene rings is 1. The van der Waals surface area contributed by atoms with Gasteiger partial charge in [-0.25, -0.2) is 14.8 Å². The zero-order valence-electron chi connectivity index (χ0n) is 8.75. The Morgan fingerprint density at radius 2 is 1.69 bits per heavy atom. The molecular formula is C12H10N2O2. The van der Waals surface area contributed by atoms with Crippen LogP contribution in [-0.4, -0.2) is 23.0 Å². The van der Waals surface area contributed by atoms with Gasteiger partial charge in [0.25, 0.3) is 0 Å². The summed E-state index contributed by atoms with van der Waals surface area (Å²) in [6.07, 6.45) is 3.21. The van der Waals surface area contributed by atoms with Crippen molar-refractivity contribution in [1.29, 1.82) is 0 Å². The Morgan fingerprint density at radius 1 is 1.06 bits per heavy atom. The van der Waals surface area contributed by atoms with Gasteiger partial charge in [0.05, 0.1) is 7.11 Å². The van der Waals surface area contributed by atoms with Crippen LogP contribution in [0, 0.1) is 0 Å². The number of hydrogen-bond acceptors (Lipinski definition) is 4. The number of methoxy groups -OCH3 is 1. The van der Waals surface area contributed by atoms with Crippen molar-refractivity contribution in [2.45, 2.75) is 0 Å². The number of aromatic nitrogens is 2. The molecule has 0 amide bonds. The second-order valence-electron chi connectivity index (χ2n) is 3.15. The average Bonchev–Trinajstić information content (AvgIpc) is 2.39. The molecule has 0 saturated heterocycles. The normalized spacial score (nSPS) is 9.81. The molecule has 0 aliphatic carbocycles. The van der Waals surface area contributed by atoms with Crippen molar-refractivity contribution >= 4 is 5.97 Å². The zero-order valence-corrected chi connectivity index (χ0v) is 8.75. The first kappa shape index (κ1) is 10.3. The van der Waals surface area contributed by atoms with E-state index in [0.717, 1.165) is 11.1 Å². The maximum absolute atomic E-state index is 11.1. The van der Waals surface area contributed by atoms with Crippen LogP contribution in [0.15, 0.2) is 42.7 Å². The Kier molecular flexibility index (Phi) is 2.91. The summed E-state index contributed by atoms with van der Waals surface area (Å²) in [4.78, 5) is 19.0. The van der Waals surface area contributed by atoms with E-state index in [9.17, 15) is 4.79 Å². The molecule has 0 saturated carbocycles. The second-order valence-corrected chi connectivity index (χ2v) is 3.15. The lowest BCUT2D eigenvalue weighted by molar-refractivity contribution is 0.0586. The molecule has 0 aliphatic rings. The molecule has 80 valence electrons. The fourth-order valence-corrected chi connectivity index (χ4v) is 1.30. The maximum atomic E-state index is 11.1. The molecule has 2 aromatic rings. The number of carbonyl (C=O) groups is 1. The average molecular weight is 214 g/mol. The molecule has 0 N–H and O–H groups in total. The van der Waals surface area contributed by atoms with E-state index < -0.39 is 5.97 Å². The summed E-state index contributed by atoms with van der Waals surface area (Å²) in [5.41, 5.74) is 1.88. The minimum absolute atomic E-state index is 0.0715. The van der Waals surface area contributed by atoms with Crippen molar-refractivity contribution in [2.75, 3.05) is 7.11 Å². The van der Waals surface area contributed by atoms with Gasteiger partial charge in [0.1, 0.15) is 0 Å². The summed E-state index contributed by atoms with van der Waals surface area (Å²) in [6.45, 7) is 0. The fraction of sp³-hybridized carbons (Fsp3) is 0.0833. The SMILES string of the molecule is COC(=O)c1ncc(-c2ccccc2)cn1. The van der Waals surface area contributed by atoms with Crippen molar-refractivity contribution in [1.82, 2.24) is 9.97 Å². The van der Waals surface area contributed by atoms with Crippen LogP contribution in [0.1, 0.15) is 10.6 Å². The summed E-state index contributed by atoms with van der Waals surface area (Å²) in [7, 11) is 1.30. The highest BCUT2D eigenvalue weighted by Crippen LogP contribution is 2.16. The van der Waals surface area contributed by atoms with Gasteiger partial charge in [-0.3, -0.25) is 0 Å². The van der Waals surface area contributed by atoms with E-state index in [1.807, 2.05) is 30.3 Å². The predicted molar refractivity (Wildman–Crippen MR) is 58.8 cm³/mol. The Hall–Kier alpha value is -2.23. The zero-order chi connectivity index (χ0) is 11.4. The van der Waals surface area contributed by atoms with Crippen molar-refractivity contribution in [2.24, 2.45) is 0 Å². The van der Waals surface area contributed by atoms with E-state index in [1.165, 1.54) is 7.11 Å². The van der Waals surface area contributed by atoms with E-state index in [1.54, 1.807) is 12.4 Å². The summed E-state index contributed by atoms with van der Waals surface area (Å²) in [6, 6.07) is 9.72. The third-order valence-electron chi connectivity index (χ3n) is 2.13. The Balaban J connectivity index is 2.30.